The molecule has 0 fully saturated rings. The van der Waals surface area contributed by atoms with E-state index in [9.17, 15) is 14.0 Å². The first-order valence-corrected chi connectivity index (χ1v) is 7.47. The summed E-state index contributed by atoms with van der Waals surface area (Å²) in [7, 11) is 0. The van der Waals surface area contributed by atoms with Gasteiger partial charge in [-0.25, -0.2) is 4.39 Å². The number of hydrogen-bond acceptors (Lipinski definition) is 3. The minimum atomic E-state index is -0.514. The number of rotatable bonds is 5. The van der Waals surface area contributed by atoms with Crippen LogP contribution in [0.25, 0.3) is 0 Å². The van der Waals surface area contributed by atoms with Crippen LogP contribution in [-0.4, -0.2) is 18.4 Å². The van der Waals surface area contributed by atoms with E-state index in [4.69, 9.17) is 4.74 Å². The molecule has 5 nitrogen and oxygen atoms in total. The van der Waals surface area contributed by atoms with Gasteiger partial charge < -0.3 is 4.74 Å². The summed E-state index contributed by atoms with van der Waals surface area (Å²) in [4.78, 5) is 23.4. The van der Waals surface area contributed by atoms with Crippen LogP contribution in [0.1, 0.15) is 16.7 Å². The van der Waals surface area contributed by atoms with E-state index in [1.54, 1.807) is 12.1 Å². The van der Waals surface area contributed by atoms with Gasteiger partial charge >= 0.3 is 0 Å². The molecule has 2 rings (SSSR count). The first kappa shape index (κ1) is 17.5. The molecule has 0 saturated heterocycles. The van der Waals surface area contributed by atoms with Gasteiger partial charge in [-0.3, -0.25) is 20.4 Å². The molecule has 0 bridgehead atoms. The summed E-state index contributed by atoms with van der Waals surface area (Å²) >= 11 is 0. The number of nitrogens with one attached hydrogen (secondary N) is 2. The van der Waals surface area contributed by atoms with E-state index in [0.717, 1.165) is 11.1 Å². The van der Waals surface area contributed by atoms with E-state index < -0.39 is 17.6 Å². The Morgan fingerprint density at radius 2 is 1.75 bits per heavy atom. The van der Waals surface area contributed by atoms with Crippen LogP contribution in [0.15, 0.2) is 42.5 Å². The maximum atomic E-state index is 13.4. The molecular formula is C18H19FN2O3. The Bertz CT molecular complexity index is 747. The molecule has 0 aromatic heterocycles. The SMILES string of the molecule is Cc1ccc(C)c(OCC(=O)NNC(=O)Cc2ccccc2F)c1. The Kier molecular flexibility index (Phi) is 5.89. The van der Waals surface area contributed by atoms with Gasteiger partial charge in [-0.15, -0.1) is 0 Å². The van der Waals surface area contributed by atoms with Gasteiger partial charge in [-0.2, -0.15) is 0 Å². The molecule has 0 aliphatic carbocycles. The molecule has 2 aromatic carbocycles. The van der Waals surface area contributed by atoms with Gasteiger partial charge in [0, 0.05) is 0 Å². The van der Waals surface area contributed by atoms with Gasteiger partial charge in [0.05, 0.1) is 6.42 Å². The van der Waals surface area contributed by atoms with Crippen molar-refractivity contribution in [2.24, 2.45) is 0 Å². The highest BCUT2D eigenvalue weighted by atomic mass is 19.1. The quantitative estimate of drug-likeness (QED) is 0.826. The van der Waals surface area contributed by atoms with Crippen LogP contribution in [0.2, 0.25) is 0 Å². The topological polar surface area (TPSA) is 67.4 Å². The number of aryl methyl sites for hydroxylation is 2. The van der Waals surface area contributed by atoms with Crippen molar-refractivity contribution in [2.75, 3.05) is 6.61 Å². The first-order chi connectivity index (χ1) is 11.5. The van der Waals surface area contributed by atoms with Gasteiger partial charge in [0.25, 0.3) is 5.91 Å². The highest BCUT2D eigenvalue weighted by Crippen LogP contribution is 2.18. The van der Waals surface area contributed by atoms with E-state index in [2.05, 4.69) is 10.9 Å². The Labute approximate surface area is 139 Å². The van der Waals surface area contributed by atoms with Crippen molar-refractivity contribution in [3.63, 3.8) is 0 Å². The van der Waals surface area contributed by atoms with Crippen molar-refractivity contribution in [1.29, 1.82) is 0 Å². The summed E-state index contributed by atoms with van der Waals surface area (Å²) in [6, 6.07) is 11.7. The van der Waals surface area contributed by atoms with E-state index in [0.29, 0.717) is 5.75 Å². The number of ether oxygens (including phenoxy) is 1. The Balaban J connectivity index is 1.77. The van der Waals surface area contributed by atoms with E-state index in [1.165, 1.54) is 12.1 Å². The maximum Gasteiger partial charge on any atom is 0.276 e. The lowest BCUT2D eigenvalue weighted by Gasteiger charge is -2.11. The maximum absolute atomic E-state index is 13.4. The lowest BCUT2D eigenvalue weighted by atomic mass is 10.1. The van der Waals surface area contributed by atoms with E-state index in [1.807, 2.05) is 32.0 Å². The largest absolute Gasteiger partial charge is 0.483 e. The predicted octanol–water partition coefficient (Wildman–Crippen LogP) is 2.21. The second-order valence-electron chi connectivity index (χ2n) is 5.42. The van der Waals surface area contributed by atoms with Crippen LogP contribution in [0.3, 0.4) is 0 Å². The van der Waals surface area contributed by atoms with E-state index >= 15 is 0 Å². The van der Waals surface area contributed by atoms with Crippen molar-refractivity contribution in [3.05, 3.63) is 65.0 Å². The Hall–Kier alpha value is -2.89. The standard InChI is InChI=1S/C18H19FN2O3/c1-12-7-8-13(2)16(9-12)24-11-18(23)21-20-17(22)10-14-5-3-4-6-15(14)19/h3-9H,10-11H2,1-2H3,(H,20,22)(H,21,23). The molecule has 2 amide bonds. The van der Waals surface area contributed by atoms with Crippen LogP contribution in [0, 0.1) is 19.7 Å². The molecule has 0 saturated carbocycles. The summed E-state index contributed by atoms with van der Waals surface area (Å²) in [6.45, 7) is 3.57. The van der Waals surface area contributed by atoms with Crippen LogP contribution in [0.5, 0.6) is 5.75 Å². The highest BCUT2D eigenvalue weighted by Gasteiger charge is 2.09. The second kappa shape index (κ2) is 8.10. The minimum absolute atomic E-state index is 0.162. The van der Waals surface area contributed by atoms with Crippen molar-refractivity contribution < 1.29 is 18.7 Å². The smallest absolute Gasteiger partial charge is 0.276 e. The number of halogens is 1. The lowest BCUT2D eigenvalue weighted by Crippen LogP contribution is -2.44. The molecule has 0 unspecified atom stereocenters. The Morgan fingerprint density at radius 3 is 2.50 bits per heavy atom. The molecule has 0 atom stereocenters. The Morgan fingerprint density at radius 1 is 1.04 bits per heavy atom. The number of carbonyl (C=O) groups is 2. The molecule has 126 valence electrons. The average Bonchev–Trinajstić information content (AvgIpc) is 2.56. The van der Waals surface area contributed by atoms with Crippen LogP contribution >= 0.6 is 0 Å². The molecule has 0 aliphatic rings. The summed E-state index contributed by atoms with van der Waals surface area (Å²) < 4.78 is 18.9. The fraction of sp³-hybridized carbons (Fsp3) is 0.222. The molecule has 0 aliphatic heterocycles. The van der Waals surface area contributed by atoms with Gasteiger partial charge in [0.1, 0.15) is 11.6 Å². The average molecular weight is 330 g/mol. The molecule has 2 N–H and O–H groups in total. The monoisotopic (exact) mass is 330 g/mol. The fourth-order valence-corrected chi connectivity index (χ4v) is 2.04. The number of carbonyl (C=O) groups excluding carboxylic acids is 2. The highest BCUT2D eigenvalue weighted by molar-refractivity contribution is 5.83. The summed E-state index contributed by atoms with van der Waals surface area (Å²) in [6.07, 6.45) is -0.162. The van der Waals surface area contributed by atoms with Gasteiger partial charge in [0.2, 0.25) is 5.91 Å². The summed E-state index contributed by atoms with van der Waals surface area (Å²) in [5.74, 6) is -0.863. The van der Waals surface area contributed by atoms with Gasteiger partial charge in [0.15, 0.2) is 6.61 Å². The zero-order valence-corrected chi connectivity index (χ0v) is 13.6. The van der Waals surface area contributed by atoms with Crippen LogP contribution in [-0.2, 0) is 16.0 Å². The molecule has 0 spiro atoms. The molecule has 6 heteroatoms. The molecule has 0 heterocycles. The molecule has 0 radical (unpaired) electrons. The molecular weight excluding hydrogens is 311 g/mol. The van der Waals surface area contributed by atoms with Gasteiger partial charge in [-0.1, -0.05) is 30.3 Å². The van der Waals surface area contributed by atoms with Crippen LogP contribution in [0.4, 0.5) is 4.39 Å². The van der Waals surface area contributed by atoms with Crippen molar-refractivity contribution in [3.8, 4) is 5.75 Å². The number of amides is 2. The van der Waals surface area contributed by atoms with Crippen molar-refractivity contribution >= 4 is 11.8 Å². The molecule has 2 aromatic rings. The third-order valence-corrected chi connectivity index (χ3v) is 3.35. The van der Waals surface area contributed by atoms with Gasteiger partial charge in [-0.05, 0) is 42.7 Å². The third kappa shape index (κ3) is 5.08. The van der Waals surface area contributed by atoms with E-state index in [-0.39, 0.29) is 18.6 Å². The first-order valence-electron chi connectivity index (χ1n) is 7.47. The van der Waals surface area contributed by atoms with Crippen LogP contribution < -0.4 is 15.6 Å². The molecule has 24 heavy (non-hydrogen) atoms. The number of hydrogen-bond donors (Lipinski definition) is 2. The van der Waals surface area contributed by atoms with Crippen molar-refractivity contribution in [1.82, 2.24) is 10.9 Å². The second-order valence-corrected chi connectivity index (χ2v) is 5.42. The fourth-order valence-electron chi connectivity index (χ4n) is 2.04. The number of benzene rings is 2. The zero-order chi connectivity index (χ0) is 17.5. The zero-order valence-electron chi connectivity index (χ0n) is 13.6. The predicted molar refractivity (Wildman–Crippen MR) is 87.8 cm³/mol. The normalized spacial score (nSPS) is 10.1. The summed E-state index contributed by atoms with van der Waals surface area (Å²) in [5, 5.41) is 0. The lowest BCUT2D eigenvalue weighted by molar-refractivity contribution is -0.129. The minimum Gasteiger partial charge on any atom is -0.483 e. The number of hydrazine groups is 1. The van der Waals surface area contributed by atoms with Crippen molar-refractivity contribution in [2.45, 2.75) is 20.3 Å². The third-order valence-electron chi connectivity index (χ3n) is 3.35. The summed E-state index contributed by atoms with van der Waals surface area (Å²) in [5.41, 5.74) is 6.67.